The Morgan fingerprint density at radius 3 is 2.67 bits per heavy atom. The Hall–Kier alpha value is -0.760. The highest BCUT2D eigenvalue weighted by atomic mass is 35.5. The van der Waals surface area contributed by atoms with Crippen LogP contribution in [-0.4, -0.2) is 12.0 Å². The van der Waals surface area contributed by atoms with Crippen molar-refractivity contribution in [3.63, 3.8) is 0 Å². The highest BCUT2D eigenvalue weighted by molar-refractivity contribution is 6.61. The van der Waals surface area contributed by atoms with E-state index < -0.39 is 5.43 Å². The normalized spacial score (nSPS) is 12.1. The van der Waals surface area contributed by atoms with Gasteiger partial charge in [-0.05, 0) is 18.9 Å². The summed E-state index contributed by atoms with van der Waals surface area (Å²) in [6, 6.07) is 0. The number of ether oxygens (including phenoxy) is 1. The summed E-state index contributed by atoms with van der Waals surface area (Å²) >= 11 is 5.00. The van der Waals surface area contributed by atoms with Gasteiger partial charge in [0.25, 0.3) is 0 Å². The predicted octanol–water partition coefficient (Wildman–Crippen LogP) is 3.27. The Morgan fingerprint density at radius 2 is 2.25 bits per heavy atom. The third-order valence-corrected chi connectivity index (χ3v) is 1.40. The summed E-state index contributed by atoms with van der Waals surface area (Å²) in [7, 11) is 0. The number of allylic oxidation sites excluding steroid dienone is 2. The largest absolute Gasteiger partial charge is 0.449 e. The highest BCUT2D eigenvalue weighted by Gasteiger charge is 1.96. The van der Waals surface area contributed by atoms with Gasteiger partial charge in [0, 0.05) is 11.6 Å². The van der Waals surface area contributed by atoms with Crippen LogP contribution in [0.5, 0.6) is 0 Å². The summed E-state index contributed by atoms with van der Waals surface area (Å²) < 4.78 is 4.60. The zero-order chi connectivity index (χ0) is 9.40. The first-order valence-electron chi connectivity index (χ1n) is 3.84. The quantitative estimate of drug-likeness (QED) is 0.500. The molecule has 0 atom stereocenters. The molecule has 0 heterocycles. The van der Waals surface area contributed by atoms with Crippen LogP contribution in [-0.2, 0) is 4.74 Å². The minimum absolute atomic E-state index is 0.245. The second kappa shape index (κ2) is 6.92. The number of rotatable bonds is 4. The van der Waals surface area contributed by atoms with Gasteiger partial charge in [-0.1, -0.05) is 25.2 Å². The Kier molecular flexibility index (Phi) is 6.48. The molecule has 0 bridgehead atoms. The fourth-order valence-corrected chi connectivity index (χ4v) is 0.692. The maximum absolute atomic E-state index is 10.2. The first kappa shape index (κ1) is 11.2. The lowest BCUT2D eigenvalue weighted by atomic mass is 10.2. The van der Waals surface area contributed by atoms with Crippen LogP contribution in [0.1, 0.15) is 20.3 Å². The zero-order valence-corrected chi connectivity index (χ0v) is 8.10. The lowest BCUT2D eigenvalue weighted by molar-refractivity contribution is 0.184. The Morgan fingerprint density at radius 1 is 1.58 bits per heavy atom. The zero-order valence-electron chi connectivity index (χ0n) is 7.34. The van der Waals surface area contributed by atoms with Crippen LogP contribution >= 0.6 is 11.6 Å². The third kappa shape index (κ3) is 5.98. The molecule has 0 aromatic carbocycles. The smallest absolute Gasteiger partial charge is 0.404 e. The van der Waals surface area contributed by atoms with Crippen LogP contribution in [0.15, 0.2) is 23.8 Å². The van der Waals surface area contributed by atoms with Gasteiger partial charge in [0.15, 0.2) is 0 Å². The molecule has 0 radical (unpaired) electrons. The van der Waals surface area contributed by atoms with Gasteiger partial charge in [-0.25, -0.2) is 4.79 Å². The first-order valence-corrected chi connectivity index (χ1v) is 4.22. The molecule has 0 aliphatic rings. The van der Waals surface area contributed by atoms with Crippen LogP contribution in [0.4, 0.5) is 4.79 Å². The number of hydrogen-bond acceptors (Lipinski definition) is 2. The molecule has 0 unspecified atom stereocenters. The lowest BCUT2D eigenvalue weighted by Crippen LogP contribution is -1.97. The Balaban J connectivity index is 3.85. The van der Waals surface area contributed by atoms with Crippen LogP contribution in [0.2, 0.25) is 0 Å². The topological polar surface area (TPSA) is 26.3 Å². The third-order valence-electron chi connectivity index (χ3n) is 1.29. The van der Waals surface area contributed by atoms with Crippen LogP contribution in [0.3, 0.4) is 0 Å². The second-order valence-corrected chi connectivity index (χ2v) is 2.51. The minimum Gasteiger partial charge on any atom is -0.449 e. The summed E-state index contributed by atoms with van der Waals surface area (Å²) in [6.45, 7) is 4.17. The van der Waals surface area contributed by atoms with Crippen molar-refractivity contribution in [3.05, 3.63) is 23.8 Å². The molecule has 0 aliphatic heterocycles. The maximum Gasteiger partial charge on any atom is 0.404 e. The molecular weight excluding hydrogens is 176 g/mol. The van der Waals surface area contributed by atoms with E-state index in [0.717, 1.165) is 12.0 Å². The molecule has 0 rings (SSSR count). The van der Waals surface area contributed by atoms with Gasteiger partial charge in [0.05, 0.1) is 0 Å². The van der Waals surface area contributed by atoms with Gasteiger partial charge in [0.1, 0.15) is 6.61 Å². The molecule has 0 spiro atoms. The number of hydrogen-bond donors (Lipinski definition) is 0. The summed E-state index contributed by atoms with van der Waals surface area (Å²) in [4.78, 5) is 10.2. The monoisotopic (exact) mass is 188 g/mol. The van der Waals surface area contributed by atoms with Crippen molar-refractivity contribution >= 4 is 17.0 Å². The average Bonchev–Trinajstić information content (AvgIpc) is 2.05. The van der Waals surface area contributed by atoms with Crippen LogP contribution in [0.25, 0.3) is 0 Å². The summed E-state index contributed by atoms with van der Waals surface area (Å²) in [5, 5.41) is 0. The molecule has 68 valence electrons. The van der Waals surface area contributed by atoms with E-state index in [4.69, 9.17) is 11.6 Å². The van der Waals surface area contributed by atoms with Gasteiger partial charge in [0.2, 0.25) is 0 Å². The predicted molar refractivity (Wildman–Crippen MR) is 50.4 cm³/mol. The van der Waals surface area contributed by atoms with Gasteiger partial charge < -0.3 is 4.74 Å². The number of halogens is 1. The van der Waals surface area contributed by atoms with Crippen molar-refractivity contribution in [2.45, 2.75) is 20.3 Å². The van der Waals surface area contributed by atoms with Gasteiger partial charge >= 0.3 is 5.43 Å². The molecule has 3 heteroatoms. The molecule has 0 N–H and O–H groups in total. The number of carbonyl (C=O) groups is 1. The van der Waals surface area contributed by atoms with E-state index in [1.807, 2.05) is 32.1 Å². The van der Waals surface area contributed by atoms with E-state index in [1.165, 1.54) is 0 Å². The van der Waals surface area contributed by atoms with Gasteiger partial charge in [-0.2, -0.15) is 0 Å². The van der Waals surface area contributed by atoms with Crippen molar-refractivity contribution in [1.82, 2.24) is 0 Å². The molecule has 2 nitrogen and oxygen atoms in total. The van der Waals surface area contributed by atoms with E-state index >= 15 is 0 Å². The second-order valence-electron chi connectivity index (χ2n) is 2.20. The van der Waals surface area contributed by atoms with E-state index in [2.05, 4.69) is 4.74 Å². The van der Waals surface area contributed by atoms with Crippen molar-refractivity contribution in [2.24, 2.45) is 0 Å². The lowest BCUT2D eigenvalue weighted by Gasteiger charge is -1.99. The molecular formula is C9H13ClO2. The van der Waals surface area contributed by atoms with Crippen molar-refractivity contribution < 1.29 is 9.53 Å². The fourth-order valence-electron chi connectivity index (χ4n) is 0.637. The summed E-state index contributed by atoms with van der Waals surface area (Å²) in [5.74, 6) is 0. The average molecular weight is 189 g/mol. The molecule has 0 fully saturated rings. The molecule has 12 heavy (non-hydrogen) atoms. The maximum atomic E-state index is 10.2. The summed E-state index contributed by atoms with van der Waals surface area (Å²) in [5.41, 5.74) is 0.185. The van der Waals surface area contributed by atoms with Crippen molar-refractivity contribution in [1.29, 1.82) is 0 Å². The SMILES string of the molecule is C/C=C(\C=C/CC)COC(=O)Cl. The standard InChI is InChI=1S/C9H13ClO2/c1-3-5-6-8(4-2)7-12-9(10)11/h4-6H,3,7H2,1-2H3/b6-5-,8-4+. The van der Waals surface area contributed by atoms with E-state index in [9.17, 15) is 4.79 Å². The van der Waals surface area contributed by atoms with Crippen molar-refractivity contribution in [2.75, 3.05) is 6.61 Å². The Bertz CT molecular complexity index is 195. The minimum atomic E-state index is -0.765. The number of carbonyl (C=O) groups excluding carboxylic acids is 1. The van der Waals surface area contributed by atoms with E-state index in [1.54, 1.807) is 0 Å². The van der Waals surface area contributed by atoms with E-state index in [0.29, 0.717) is 0 Å². The molecule has 0 saturated carbocycles. The summed E-state index contributed by atoms with van der Waals surface area (Å²) in [6.07, 6.45) is 6.76. The van der Waals surface area contributed by atoms with Gasteiger partial charge in [-0.3, -0.25) is 0 Å². The molecule has 0 aliphatic carbocycles. The molecule has 0 saturated heterocycles. The van der Waals surface area contributed by atoms with Crippen LogP contribution < -0.4 is 0 Å². The molecule has 0 aromatic heterocycles. The van der Waals surface area contributed by atoms with E-state index in [-0.39, 0.29) is 6.61 Å². The Labute approximate surface area is 77.9 Å². The van der Waals surface area contributed by atoms with Gasteiger partial charge in [-0.15, -0.1) is 0 Å². The fraction of sp³-hybridized carbons (Fsp3) is 0.444. The van der Waals surface area contributed by atoms with Crippen molar-refractivity contribution in [3.8, 4) is 0 Å². The van der Waals surface area contributed by atoms with Crippen LogP contribution in [0, 0.1) is 0 Å². The highest BCUT2D eigenvalue weighted by Crippen LogP contribution is 2.00. The molecule has 0 aromatic rings. The first-order chi connectivity index (χ1) is 5.70. The molecule has 0 amide bonds.